The van der Waals surface area contributed by atoms with Crippen LogP contribution in [0.15, 0.2) is 24.3 Å². The van der Waals surface area contributed by atoms with Crippen LogP contribution in [0.1, 0.15) is 36.2 Å². The van der Waals surface area contributed by atoms with E-state index >= 15 is 0 Å². The Morgan fingerprint density at radius 3 is 2.56 bits per heavy atom. The molecule has 1 aromatic rings. The van der Waals surface area contributed by atoms with Crippen LogP contribution < -0.4 is 5.32 Å². The van der Waals surface area contributed by atoms with Gasteiger partial charge in [0.05, 0.1) is 0 Å². The largest absolute Gasteiger partial charge is 0.349 e. The molecule has 0 aliphatic rings. The first-order chi connectivity index (χ1) is 7.67. The monoisotopic (exact) mass is 215 g/mol. The third-order valence-corrected chi connectivity index (χ3v) is 2.43. The first kappa shape index (κ1) is 12.3. The normalized spacial score (nSPS) is 11.6. The number of terminal acetylenes is 1. The van der Waals surface area contributed by atoms with E-state index in [1.807, 2.05) is 31.2 Å². The molecule has 0 fully saturated rings. The molecule has 1 N–H and O–H groups in total. The second-order valence-electron chi connectivity index (χ2n) is 3.83. The van der Waals surface area contributed by atoms with Crippen LogP contribution in [0.4, 0.5) is 0 Å². The topological polar surface area (TPSA) is 29.1 Å². The van der Waals surface area contributed by atoms with E-state index in [0.717, 1.165) is 6.42 Å². The van der Waals surface area contributed by atoms with Crippen LogP contribution in [-0.4, -0.2) is 11.9 Å². The minimum absolute atomic E-state index is 0.0170. The number of aryl methyl sites for hydroxylation is 1. The highest BCUT2D eigenvalue weighted by molar-refractivity contribution is 5.94. The zero-order chi connectivity index (χ0) is 12.0. The smallest absolute Gasteiger partial charge is 0.251 e. The van der Waals surface area contributed by atoms with Crippen molar-refractivity contribution in [3.05, 3.63) is 35.4 Å². The van der Waals surface area contributed by atoms with E-state index in [9.17, 15) is 4.79 Å². The minimum atomic E-state index is -0.0644. The summed E-state index contributed by atoms with van der Waals surface area (Å²) in [5.41, 5.74) is 1.91. The quantitative estimate of drug-likeness (QED) is 0.768. The van der Waals surface area contributed by atoms with E-state index in [1.165, 1.54) is 5.56 Å². The van der Waals surface area contributed by atoms with E-state index in [-0.39, 0.29) is 11.9 Å². The van der Waals surface area contributed by atoms with Crippen LogP contribution in [0.2, 0.25) is 0 Å². The van der Waals surface area contributed by atoms with Crippen LogP contribution >= 0.6 is 0 Å². The van der Waals surface area contributed by atoms with Gasteiger partial charge in [-0.05, 0) is 31.0 Å². The number of carbonyl (C=O) groups is 1. The molecule has 1 rings (SSSR count). The summed E-state index contributed by atoms with van der Waals surface area (Å²) in [5.74, 6) is 2.46. The predicted octanol–water partition coefficient (Wildman–Crippen LogP) is 2.39. The number of hydrogen-bond acceptors (Lipinski definition) is 1. The Morgan fingerprint density at radius 1 is 1.44 bits per heavy atom. The van der Waals surface area contributed by atoms with Crippen molar-refractivity contribution in [3.63, 3.8) is 0 Å². The van der Waals surface area contributed by atoms with Gasteiger partial charge in [-0.15, -0.1) is 12.3 Å². The van der Waals surface area contributed by atoms with Gasteiger partial charge in [0.2, 0.25) is 0 Å². The molecule has 0 bridgehead atoms. The maximum Gasteiger partial charge on any atom is 0.251 e. The molecule has 0 radical (unpaired) electrons. The van der Waals surface area contributed by atoms with Crippen molar-refractivity contribution in [3.8, 4) is 12.3 Å². The Balaban J connectivity index is 2.63. The molecule has 16 heavy (non-hydrogen) atoms. The summed E-state index contributed by atoms with van der Waals surface area (Å²) in [4.78, 5) is 11.7. The predicted molar refractivity (Wildman–Crippen MR) is 66.2 cm³/mol. The number of nitrogens with one attached hydrogen (secondary N) is 1. The summed E-state index contributed by atoms with van der Waals surface area (Å²) in [7, 11) is 0. The first-order valence-corrected chi connectivity index (χ1v) is 5.50. The van der Waals surface area contributed by atoms with Crippen molar-refractivity contribution in [2.45, 2.75) is 32.7 Å². The maximum absolute atomic E-state index is 11.7. The van der Waals surface area contributed by atoms with E-state index in [1.54, 1.807) is 0 Å². The Labute approximate surface area is 97.1 Å². The standard InChI is InChI=1S/C14H17NO/c1-4-6-11(3)15-14(16)13-9-7-12(5-2)8-10-13/h1,7-11H,5-6H2,2-3H3,(H,15,16). The van der Waals surface area contributed by atoms with Gasteiger partial charge in [0.15, 0.2) is 0 Å². The van der Waals surface area contributed by atoms with Crippen molar-refractivity contribution in [1.82, 2.24) is 5.32 Å². The van der Waals surface area contributed by atoms with Gasteiger partial charge in [0.1, 0.15) is 0 Å². The molecular weight excluding hydrogens is 198 g/mol. The third kappa shape index (κ3) is 3.43. The van der Waals surface area contributed by atoms with Crippen LogP contribution in [-0.2, 0) is 6.42 Å². The Hall–Kier alpha value is -1.75. The number of rotatable bonds is 4. The Kier molecular flexibility index (Phi) is 4.60. The van der Waals surface area contributed by atoms with Gasteiger partial charge in [-0.1, -0.05) is 19.1 Å². The number of carbonyl (C=O) groups excluding carboxylic acids is 1. The summed E-state index contributed by atoms with van der Waals surface area (Å²) >= 11 is 0. The Morgan fingerprint density at radius 2 is 2.06 bits per heavy atom. The second-order valence-corrected chi connectivity index (χ2v) is 3.83. The minimum Gasteiger partial charge on any atom is -0.349 e. The fraction of sp³-hybridized carbons (Fsp3) is 0.357. The van der Waals surface area contributed by atoms with E-state index in [0.29, 0.717) is 12.0 Å². The fourth-order valence-electron chi connectivity index (χ4n) is 1.43. The molecule has 1 amide bonds. The van der Waals surface area contributed by atoms with Crippen LogP contribution in [0.3, 0.4) is 0 Å². The molecule has 2 nitrogen and oxygen atoms in total. The van der Waals surface area contributed by atoms with Gasteiger partial charge in [-0.3, -0.25) is 4.79 Å². The molecule has 0 heterocycles. The van der Waals surface area contributed by atoms with Crippen molar-refractivity contribution < 1.29 is 4.79 Å². The van der Waals surface area contributed by atoms with E-state index in [4.69, 9.17) is 6.42 Å². The van der Waals surface area contributed by atoms with Gasteiger partial charge in [-0.2, -0.15) is 0 Å². The van der Waals surface area contributed by atoms with Crippen molar-refractivity contribution in [2.24, 2.45) is 0 Å². The summed E-state index contributed by atoms with van der Waals surface area (Å²) in [6.45, 7) is 3.99. The molecule has 1 atom stereocenters. The summed E-state index contributed by atoms with van der Waals surface area (Å²) in [5, 5.41) is 2.85. The fourth-order valence-corrected chi connectivity index (χ4v) is 1.43. The average Bonchev–Trinajstić information content (AvgIpc) is 2.29. The van der Waals surface area contributed by atoms with Gasteiger partial charge in [0.25, 0.3) is 5.91 Å². The highest BCUT2D eigenvalue weighted by atomic mass is 16.1. The molecule has 2 heteroatoms. The van der Waals surface area contributed by atoms with Crippen LogP contribution in [0.25, 0.3) is 0 Å². The number of hydrogen-bond donors (Lipinski definition) is 1. The van der Waals surface area contributed by atoms with Crippen LogP contribution in [0.5, 0.6) is 0 Å². The van der Waals surface area contributed by atoms with E-state index in [2.05, 4.69) is 18.2 Å². The molecule has 0 spiro atoms. The highest BCUT2D eigenvalue weighted by Crippen LogP contribution is 2.05. The van der Waals surface area contributed by atoms with Crippen LogP contribution in [0, 0.1) is 12.3 Å². The van der Waals surface area contributed by atoms with Crippen molar-refractivity contribution in [1.29, 1.82) is 0 Å². The number of benzene rings is 1. The molecule has 1 unspecified atom stereocenters. The summed E-state index contributed by atoms with van der Waals surface area (Å²) < 4.78 is 0. The maximum atomic E-state index is 11.7. The number of amides is 1. The lowest BCUT2D eigenvalue weighted by atomic mass is 10.1. The zero-order valence-electron chi connectivity index (χ0n) is 9.79. The van der Waals surface area contributed by atoms with E-state index < -0.39 is 0 Å². The summed E-state index contributed by atoms with van der Waals surface area (Å²) in [6, 6.07) is 7.65. The molecular formula is C14H17NO. The molecule has 0 aliphatic heterocycles. The van der Waals surface area contributed by atoms with Gasteiger partial charge in [0, 0.05) is 18.0 Å². The lowest BCUT2D eigenvalue weighted by molar-refractivity contribution is 0.0941. The lowest BCUT2D eigenvalue weighted by Crippen LogP contribution is -2.32. The molecule has 0 aliphatic carbocycles. The third-order valence-electron chi connectivity index (χ3n) is 2.43. The highest BCUT2D eigenvalue weighted by Gasteiger charge is 2.08. The average molecular weight is 215 g/mol. The van der Waals surface area contributed by atoms with Gasteiger partial charge in [-0.25, -0.2) is 0 Å². The molecule has 1 aromatic carbocycles. The second kappa shape index (κ2) is 5.97. The Bertz CT molecular complexity index is 386. The van der Waals surface area contributed by atoms with Gasteiger partial charge >= 0.3 is 0 Å². The molecule has 0 saturated carbocycles. The lowest BCUT2D eigenvalue weighted by Gasteiger charge is -2.10. The zero-order valence-corrected chi connectivity index (χ0v) is 9.79. The first-order valence-electron chi connectivity index (χ1n) is 5.50. The van der Waals surface area contributed by atoms with Crippen molar-refractivity contribution >= 4 is 5.91 Å². The molecule has 0 saturated heterocycles. The van der Waals surface area contributed by atoms with Gasteiger partial charge < -0.3 is 5.32 Å². The summed E-state index contributed by atoms with van der Waals surface area (Å²) in [6.07, 6.45) is 6.72. The SMILES string of the molecule is C#CCC(C)NC(=O)c1ccc(CC)cc1. The molecule has 0 aromatic heterocycles. The van der Waals surface area contributed by atoms with Crippen molar-refractivity contribution in [2.75, 3.05) is 0 Å². The molecule has 84 valence electrons.